The Bertz CT molecular complexity index is 1110. The van der Waals surface area contributed by atoms with Crippen LogP contribution in [0.1, 0.15) is 50.7 Å². The predicted molar refractivity (Wildman–Crippen MR) is 147 cm³/mol. The number of nitrogens with zero attached hydrogens (tertiary/aromatic N) is 2. The van der Waals surface area contributed by atoms with Crippen LogP contribution < -0.4 is 9.62 Å². The van der Waals surface area contributed by atoms with E-state index in [1.165, 1.54) is 4.31 Å². The first-order valence-electron chi connectivity index (χ1n) is 12.4. The molecule has 0 aromatic heterocycles. The smallest absolute Gasteiger partial charge is 0.242 e. The van der Waals surface area contributed by atoms with Crippen LogP contribution in [0.15, 0.2) is 48.5 Å². The highest BCUT2D eigenvalue weighted by Crippen LogP contribution is 2.28. The maximum absolute atomic E-state index is 13.4. The number of halogens is 1. The summed E-state index contributed by atoms with van der Waals surface area (Å²) in [5.74, 6) is -0.325. The average molecular weight is 536 g/mol. The molecular formula is C27H38ClN3O4S. The summed E-state index contributed by atoms with van der Waals surface area (Å²) in [5, 5.41) is 3.39. The van der Waals surface area contributed by atoms with E-state index in [-0.39, 0.29) is 24.8 Å². The number of carbonyl (C=O) groups is 2. The molecular weight excluding hydrogens is 498 g/mol. The van der Waals surface area contributed by atoms with Crippen molar-refractivity contribution >= 4 is 39.1 Å². The Labute approximate surface area is 220 Å². The van der Waals surface area contributed by atoms with Gasteiger partial charge < -0.3 is 10.2 Å². The van der Waals surface area contributed by atoms with Crippen molar-refractivity contribution in [1.29, 1.82) is 0 Å². The van der Waals surface area contributed by atoms with Gasteiger partial charge in [0.25, 0.3) is 0 Å². The molecule has 2 amide bonds. The molecule has 2 rings (SSSR count). The molecule has 2 aromatic rings. The quantitative estimate of drug-likeness (QED) is 0.384. The molecule has 0 aliphatic rings. The molecule has 7 nitrogen and oxygen atoms in total. The van der Waals surface area contributed by atoms with Crippen LogP contribution in [0.3, 0.4) is 0 Å². The van der Waals surface area contributed by atoms with E-state index in [9.17, 15) is 18.0 Å². The summed E-state index contributed by atoms with van der Waals surface area (Å²) in [5.41, 5.74) is 2.25. The van der Waals surface area contributed by atoms with Gasteiger partial charge >= 0.3 is 0 Å². The summed E-state index contributed by atoms with van der Waals surface area (Å²) < 4.78 is 26.4. The van der Waals surface area contributed by atoms with Gasteiger partial charge in [-0.1, -0.05) is 61.8 Å². The molecule has 0 bridgehead atoms. The van der Waals surface area contributed by atoms with Crippen LogP contribution in [0, 0.1) is 6.92 Å². The third-order valence-corrected chi connectivity index (χ3v) is 7.67. The van der Waals surface area contributed by atoms with Gasteiger partial charge in [0.1, 0.15) is 6.04 Å². The van der Waals surface area contributed by atoms with Crippen LogP contribution in [-0.4, -0.2) is 57.1 Å². The molecule has 0 radical (unpaired) electrons. The lowest BCUT2D eigenvalue weighted by molar-refractivity contribution is -0.140. The van der Waals surface area contributed by atoms with Crippen LogP contribution in [-0.2, 0) is 26.0 Å². The van der Waals surface area contributed by atoms with Gasteiger partial charge in [-0.15, -0.1) is 0 Å². The SMILES string of the molecule is CCCNC(=O)[C@H](CC)N(CCc1ccccc1)C(=O)CCCN(c1cccc(Cl)c1C)S(C)(=O)=O. The molecule has 0 spiro atoms. The van der Waals surface area contributed by atoms with E-state index in [1.807, 2.05) is 44.2 Å². The van der Waals surface area contributed by atoms with Gasteiger partial charge in [-0.05, 0) is 55.9 Å². The van der Waals surface area contributed by atoms with Crippen molar-refractivity contribution in [3.63, 3.8) is 0 Å². The number of amides is 2. The Morgan fingerprint density at radius 1 is 1.03 bits per heavy atom. The van der Waals surface area contributed by atoms with Gasteiger partial charge in [-0.2, -0.15) is 0 Å². The second kappa shape index (κ2) is 14.2. The first-order valence-corrected chi connectivity index (χ1v) is 14.7. The first kappa shape index (κ1) is 29.6. The number of hydrogen-bond donors (Lipinski definition) is 1. The van der Waals surface area contributed by atoms with Crippen LogP contribution in [0.25, 0.3) is 0 Å². The number of rotatable bonds is 14. The Morgan fingerprint density at radius 3 is 2.33 bits per heavy atom. The zero-order valence-corrected chi connectivity index (χ0v) is 23.2. The van der Waals surface area contributed by atoms with Crippen LogP contribution in [0.2, 0.25) is 5.02 Å². The van der Waals surface area contributed by atoms with Crippen molar-refractivity contribution in [2.24, 2.45) is 0 Å². The highest BCUT2D eigenvalue weighted by atomic mass is 35.5. The highest BCUT2D eigenvalue weighted by molar-refractivity contribution is 7.92. The van der Waals surface area contributed by atoms with Crippen molar-refractivity contribution in [3.05, 3.63) is 64.7 Å². The normalized spacial score (nSPS) is 12.1. The second-order valence-electron chi connectivity index (χ2n) is 8.86. The molecule has 0 saturated heterocycles. The number of benzene rings is 2. The van der Waals surface area contributed by atoms with Gasteiger partial charge in [0.05, 0.1) is 11.9 Å². The number of anilines is 1. The molecule has 1 N–H and O–H groups in total. The maximum atomic E-state index is 13.4. The fraction of sp³-hybridized carbons (Fsp3) is 0.481. The van der Waals surface area contributed by atoms with Crippen molar-refractivity contribution in [1.82, 2.24) is 10.2 Å². The Kier molecular flexibility index (Phi) is 11.7. The summed E-state index contributed by atoms with van der Waals surface area (Å²) in [7, 11) is -3.58. The van der Waals surface area contributed by atoms with Crippen molar-refractivity contribution in [2.75, 3.05) is 30.2 Å². The fourth-order valence-corrected chi connectivity index (χ4v) is 5.30. The summed E-state index contributed by atoms with van der Waals surface area (Å²) in [6.07, 6.45) is 3.51. The summed E-state index contributed by atoms with van der Waals surface area (Å²) >= 11 is 6.22. The molecule has 0 heterocycles. The highest BCUT2D eigenvalue weighted by Gasteiger charge is 2.28. The predicted octanol–water partition coefficient (Wildman–Crippen LogP) is 4.57. The maximum Gasteiger partial charge on any atom is 0.242 e. The van der Waals surface area contributed by atoms with Crippen LogP contribution >= 0.6 is 11.6 Å². The Morgan fingerprint density at radius 2 is 1.72 bits per heavy atom. The summed E-state index contributed by atoms with van der Waals surface area (Å²) in [6.45, 7) is 6.74. The number of hydrogen-bond acceptors (Lipinski definition) is 4. The molecule has 2 aromatic carbocycles. The topological polar surface area (TPSA) is 86.8 Å². The molecule has 9 heteroatoms. The van der Waals surface area contributed by atoms with E-state index in [1.54, 1.807) is 30.0 Å². The van der Waals surface area contributed by atoms with E-state index in [0.29, 0.717) is 48.6 Å². The number of carbonyl (C=O) groups excluding carboxylic acids is 2. The van der Waals surface area contributed by atoms with Gasteiger partial charge in [0.2, 0.25) is 21.8 Å². The molecule has 0 saturated carbocycles. The summed E-state index contributed by atoms with van der Waals surface area (Å²) in [4.78, 5) is 27.9. The van der Waals surface area contributed by atoms with Gasteiger partial charge in [-0.3, -0.25) is 13.9 Å². The minimum atomic E-state index is -3.58. The standard InChI is InChI=1S/C27H38ClN3O4S/c1-5-18-29-27(33)24(6-2)30(20-17-22-12-8-7-9-13-22)26(32)16-11-19-31(36(4,34)35)25-15-10-14-23(28)21(25)3/h7-10,12-15,24H,5-6,11,16-20H2,1-4H3,(H,29,33)/t24-/m0/s1. The van der Waals surface area contributed by atoms with Gasteiger partial charge in [0, 0.05) is 31.1 Å². The van der Waals surface area contributed by atoms with Gasteiger partial charge in [0.15, 0.2) is 0 Å². The minimum Gasteiger partial charge on any atom is -0.354 e. The van der Waals surface area contributed by atoms with Crippen molar-refractivity contribution in [2.45, 2.75) is 58.9 Å². The number of sulfonamides is 1. The Balaban J connectivity index is 2.17. The molecule has 0 aliphatic heterocycles. The van der Waals surface area contributed by atoms with E-state index >= 15 is 0 Å². The van der Waals surface area contributed by atoms with E-state index < -0.39 is 16.1 Å². The molecule has 36 heavy (non-hydrogen) atoms. The molecule has 0 aliphatic carbocycles. The largest absolute Gasteiger partial charge is 0.354 e. The second-order valence-corrected chi connectivity index (χ2v) is 11.2. The third kappa shape index (κ3) is 8.52. The zero-order chi connectivity index (χ0) is 26.7. The van der Waals surface area contributed by atoms with E-state index in [4.69, 9.17) is 11.6 Å². The lowest BCUT2D eigenvalue weighted by Gasteiger charge is -2.31. The van der Waals surface area contributed by atoms with E-state index in [2.05, 4.69) is 5.32 Å². The third-order valence-electron chi connectivity index (χ3n) is 6.08. The summed E-state index contributed by atoms with van der Waals surface area (Å²) in [6, 6.07) is 14.4. The molecule has 0 fully saturated rings. The lowest BCUT2D eigenvalue weighted by atomic mass is 10.1. The van der Waals surface area contributed by atoms with Crippen LogP contribution in [0.4, 0.5) is 5.69 Å². The van der Waals surface area contributed by atoms with Gasteiger partial charge in [-0.25, -0.2) is 8.42 Å². The lowest BCUT2D eigenvalue weighted by Crippen LogP contribution is -2.50. The molecule has 1 atom stereocenters. The zero-order valence-electron chi connectivity index (χ0n) is 21.7. The fourth-order valence-electron chi connectivity index (χ4n) is 4.11. The van der Waals surface area contributed by atoms with Crippen LogP contribution in [0.5, 0.6) is 0 Å². The minimum absolute atomic E-state index is 0.123. The Hall–Kier alpha value is -2.58. The monoisotopic (exact) mass is 535 g/mol. The van der Waals surface area contributed by atoms with E-state index in [0.717, 1.165) is 18.2 Å². The van der Waals surface area contributed by atoms with Crippen molar-refractivity contribution in [3.8, 4) is 0 Å². The molecule has 198 valence electrons. The first-order chi connectivity index (χ1) is 17.1. The average Bonchev–Trinajstić information content (AvgIpc) is 2.84. The molecule has 0 unspecified atom stereocenters. The van der Waals surface area contributed by atoms with Crippen molar-refractivity contribution < 1.29 is 18.0 Å². The number of nitrogens with one attached hydrogen (secondary N) is 1.